The van der Waals surface area contributed by atoms with Gasteiger partial charge in [-0.15, -0.1) is 11.6 Å². The number of halogens is 1. The summed E-state index contributed by atoms with van der Waals surface area (Å²) in [4.78, 5) is 2.54. The molecular weight excluding hydrogens is 158 g/mol. The first-order valence-electron chi connectivity index (χ1n) is 4.61. The average Bonchev–Trinajstić information content (AvgIpc) is 2.01. The van der Waals surface area contributed by atoms with E-state index in [1.165, 1.54) is 32.5 Å². The number of hydrogen-bond acceptors (Lipinski definition) is 1. The molecule has 1 heterocycles. The van der Waals surface area contributed by atoms with E-state index in [1.54, 1.807) is 0 Å². The zero-order valence-corrected chi connectivity index (χ0v) is 8.11. The molecule has 1 rings (SSSR count). The molecule has 1 aliphatic rings. The number of piperidine rings is 1. The second-order valence-electron chi connectivity index (χ2n) is 3.59. The number of nitrogens with zero attached hydrogens (tertiary/aromatic N) is 1. The van der Waals surface area contributed by atoms with Crippen LogP contribution in [-0.4, -0.2) is 30.4 Å². The van der Waals surface area contributed by atoms with Gasteiger partial charge in [-0.05, 0) is 38.3 Å². The summed E-state index contributed by atoms with van der Waals surface area (Å²) in [6, 6.07) is 0. The van der Waals surface area contributed by atoms with Gasteiger partial charge in [0.05, 0.1) is 0 Å². The summed E-state index contributed by atoms with van der Waals surface area (Å²) in [6.45, 7) is 6.12. The minimum Gasteiger partial charge on any atom is -0.303 e. The van der Waals surface area contributed by atoms with Crippen LogP contribution in [0.1, 0.15) is 26.2 Å². The standard InChI is InChI=1S/C9H18ClN/c1-9-4-2-6-11(8-9)7-3-5-10/h9H,2-8H2,1H3/t9-/m0/s1. The molecule has 1 aliphatic heterocycles. The van der Waals surface area contributed by atoms with Crippen LogP contribution >= 0.6 is 11.6 Å². The number of rotatable bonds is 3. The maximum absolute atomic E-state index is 5.63. The van der Waals surface area contributed by atoms with Gasteiger partial charge >= 0.3 is 0 Å². The predicted molar refractivity (Wildman–Crippen MR) is 50.2 cm³/mol. The quantitative estimate of drug-likeness (QED) is 0.596. The third-order valence-electron chi connectivity index (χ3n) is 2.35. The molecule has 0 N–H and O–H groups in total. The van der Waals surface area contributed by atoms with E-state index < -0.39 is 0 Å². The van der Waals surface area contributed by atoms with Crippen molar-refractivity contribution in [1.29, 1.82) is 0 Å². The lowest BCUT2D eigenvalue weighted by molar-refractivity contribution is 0.184. The first kappa shape index (κ1) is 9.34. The Morgan fingerprint density at radius 1 is 1.55 bits per heavy atom. The molecule has 0 saturated carbocycles. The lowest BCUT2D eigenvalue weighted by Crippen LogP contribution is -2.35. The smallest absolute Gasteiger partial charge is 0.0235 e. The van der Waals surface area contributed by atoms with Crippen LogP contribution in [-0.2, 0) is 0 Å². The van der Waals surface area contributed by atoms with Gasteiger partial charge in [0.15, 0.2) is 0 Å². The minimum atomic E-state index is 0.810. The van der Waals surface area contributed by atoms with Crippen LogP contribution < -0.4 is 0 Å². The van der Waals surface area contributed by atoms with Crippen LogP contribution in [0.25, 0.3) is 0 Å². The first-order chi connectivity index (χ1) is 5.33. The molecule has 0 aromatic rings. The number of likely N-dealkylation sites (tertiary alicyclic amines) is 1. The van der Waals surface area contributed by atoms with Crippen LogP contribution in [0.2, 0.25) is 0 Å². The SMILES string of the molecule is C[C@H]1CCCN(CCCCl)C1. The maximum Gasteiger partial charge on any atom is 0.0235 e. The second kappa shape index (κ2) is 5.00. The fourth-order valence-electron chi connectivity index (χ4n) is 1.77. The van der Waals surface area contributed by atoms with Gasteiger partial charge in [0.25, 0.3) is 0 Å². The van der Waals surface area contributed by atoms with Crippen molar-refractivity contribution in [2.75, 3.05) is 25.5 Å². The zero-order valence-electron chi connectivity index (χ0n) is 7.35. The van der Waals surface area contributed by atoms with E-state index in [0.717, 1.165) is 18.2 Å². The van der Waals surface area contributed by atoms with Gasteiger partial charge in [-0.25, -0.2) is 0 Å². The van der Waals surface area contributed by atoms with E-state index in [4.69, 9.17) is 11.6 Å². The Labute approximate surface area is 74.7 Å². The van der Waals surface area contributed by atoms with Crippen LogP contribution in [0.3, 0.4) is 0 Å². The number of hydrogen-bond donors (Lipinski definition) is 0. The summed E-state index contributed by atoms with van der Waals surface area (Å²) in [5.74, 6) is 1.71. The molecule has 1 nitrogen and oxygen atoms in total. The molecule has 0 amide bonds. The van der Waals surface area contributed by atoms with E-state index >= 15 is 0 Å². The largest absolute Gasteiger partial charge is 0.303 e. The number of alkyl halides is 1. The highest BCUT2D eigenvalue weighted by molar-refractivity contribution is 6.17. The fraction of sp³-hybridized carbons (Fsp3) is 1.00. The zero-order chi connectivity index (χ0) is 8.10. The Kier molecular flexibility index (Phi) is 4.24. The van der Waals surface area contributed by atoms with Crippen LogP contribution in [0.15, 0.2) is 0 Å². The van der Waals surface area contributed by atoms with Crippen LogP contribution in [0, 0.1) is 5.92 Å². The van der Waals surface area contributed by atoms with E-state index in [-0.39, 0.29) is 0 Å². The van der Waals surface area contributed by atoms with Gasteiger partial charge in [0, 0.05) is 12.4 Å². The van der Waals surface area contributed by atoms with Crippen molar-refractivity contribution >= 4 is 11.6 Å². The molecule has 0 bridgehead atoms. The monoisotopic (exact) mass is 175 g/mol. The Hall–Kier alpha value is 0.250. The Morgan fingerprint density at radius 3 is 3.00 bits per heavy atom. The second-order valence-corrected chi connectivity index (χ2v) is 3.97. The van der Waals surface area contributed by atoms with Crippen molar-refractivity contribution in [3.05, 3.63) is 0 Å². The van der Waals surface area contributed by atoms with E-state index in [9.17, 15) is 0 Å². The summed E-state index contributed by atoms with van der Waals surface area (Å²) in [7, 11) is 0. The molecule has 0 aromatic heterocycles. The summed E-state index contributed by atoms with van der Waals surface area (Å²) < 4.78 is 0. The van der Waals surface area contributed by atoms with Gasteiger partial charge in [0.2, 0.25) is 0 Å². The summed E-state index contributed by atoms with van der Waals surface area (Å²) in [5.41, 5.74) is 0. The van der Waals surface area contributed by atoms with Crippen molar-refractivity contribution in [2.24, 2.45) is 5.92 Å². The van der Waals surface area contributed by atoms with Crippen molar-refractivity contribution < 1.29 is 0 Å². The molecule has 0 aromatic carbocycles. The molecule has 11 heavy (non-hydrogen) atoms. The molecular formula is C9H18ClN. The molecule has 1 atom stereocenters. The average molecular weight is 176 g/mol. The van der Waals surface area contributed by atoms with Crippen LogP contribution in [0.4, 0.5) is 0 Å². The van der Waals surface area contributed by atoms with Crippen molar-refractivity contribution in [2.45, 2.75) is 26.2 Å². The topological polar surface area (TPSA) is 3.24 Å². The highest BCUT2D eigenvalue weighted by Gasteiger charge is 2.14. The highest BCUT2D eigenvalue weighted by atomic mass is 35.5. The Balaban J connectivity index is 2.12. The molecule has 66 valence electrons. The summed E-state index contributed by atoms with van der Waals surface area (Å²) in [6.07, 6.45) is 3.94. The maximum atomic E-state index is 5.63. The third kappa shape index (κ3) is 3.44. The predicted octanol–water partition coefficient (Wildman–Crippen LogP) is 2.35. The minimum absolute atomic E-state index is 0.810. The van der Waals surface area contributed by atoms with Crippen LogP contribution in [0.5, 0.6) is 0 Å². The van der Waals surface area contributed by atoms with E-state index in [1.807, 2.05) is 0 Å². The fourth-order valence-corrected chi connectivity index (χ4v) is 1.89. The lowest BCUT2D eigenvalue weighted by Gasteiger charge is -2.30. The molecule has 0 aliphatic carbocycles. The molecule has 0 radical (unpaired) electrons. The van der Waals surface area contributed by atoms with E-state index in [2.05, 4.69) is 11.8 Å². The van der Waals surface area contributed by atoms with Gasteiger partial charge in [-0.1, -0.05) is 6.92 Å². The van der Waals surface area contributed by atoms with Crippen molar-refractivity contribution in [3.63, 3.8) is 0 Å². The Bertz CT molecular complexity index is 106. The van der Waals surface area contributed by atoms with Crippen molar-refractivity contribution in [3.8, 4) is 0 Å². The Morgan fingerprint density at radius 2 is 2.36 bits per heavy atom. The highest BCUT2D eigenvalue weighted by Crippen LogP contribution is 2.15. The summed E-state index contributed by atoms with van der Waals surface area (Å²) >= 11 is 5.63. The first-order valence-corrected chi connectivity index (χ1v) is 5.14. The molecule has 1 fully saturated rings. The molecule has 0 unspecified atom stereocenters. The van der Waals surface area contributed by atoms with E-state index in [0.29, 0.717) is 0 Å². The summed E-state index contributed by atoms with van der Waals surface area (Å²) in [5, 5.41) is 0. The van der Waals surface area contributed by atoms with Gasteiger partial charge in [0.1, 0.15) is 0 Å². The normalized spacial score (nSPS) is 27.3. The van der Waals surface area contributed by atoms with Gasteiger partial charge in [-0.2, -0.15) is 0 Å². The van der Waals surface area contributed by atoms with Gasteiger partial charge < -0.3 is 4.90 Å². The molecule has 2 heteroatoms. The van der Waals surface area contributed by atoms with Gasteiger partial charge in [-0.3, -0.25) is 0 Å². The molecule has 0 spiro atoms. The third-order valence-corrected chi connectivity index (χ3v) is 2.62. The molecule has 1 saturated heterocycles. The van der Waals surface area contributed by atoms with Crippen molar-refractivity contribution in [1.82, 2.24) is 4.90 Å². The lowest BCUT2D eigenvalue weighted by atomic mass is 10.0.